The third-order valence-electron chi connectivity index (χ3n) is 1.78. The van der Waals surface area contributed by atoms with Crippen molar-refractivity contribution in [1.82, 2.24) is 0 Å². The van der Waals surface area contributed by atoms with Crippen LogP contribution < -0.4 is 0 Å². The van der Waals surface area contributed by atoms with Crippen molar-refractivity contribution in [2.24, 2.45) is 0 Å². The standard InChI is InChI=1S/C8H16O4/c1-10-5-7(9)4-8-6-11-2-3-12-8/h7-9H,2-6H2,1H3. The molecule has 1 heterocycles. The monoisotopic (exact) mass is 176 g/mol. The summed E-state index contributed by atoms with van der Waals surface area (Å²) < 4.78 is 15.3. The average Bonchev–Trinajstić information content (AvgIpc) is 2.06. The van der Waals surface area contributed by atoms with Crippen molar-refractivity contribution in [3.05, 3.63) is 0 Å². The van der Waals surface area contributed by atoms with Crippen molar-refractivity contribution in [3.8, 4) is 0 Å². The van der Waals surface area contributed by atoms with E-state index in [2.05, 4.69) is 0 Å². The minimum atomic E-state index is -0.443. The maximum atomic E-state index is 9.34. The van der Waals surface area contributed by atoms with Crippen molar-refractivity contribution >= 4 is 0 Å². The topological polar surface area (TPSA) is 47.9 Å². The van der Waals surface area contributed by atoms with Gasteiger partial charge in [-0.05, 0) is 0 Å². The number of rotatable bonds is 4. The summed E-state index contributed by atoms with van der Waals surface area (Å²) in [5.74, 6) is 0. The normalized spacial score (nSPS) is 27.0. The number of aliphatic hydroxyl groups is 1. The smallest absolute Gasteiger partial charge is 0.0835 e. The van der Waals surface area contributed by atoms with Crippen LogP contribution >= 0.6 is 0 Å². The van der Waals surface area contributed by atoms with Crippen LogP contribution in [0.2, 0.25) is 0 Å². The van der Waals surface area contributed by atoms with Crippen LogP contribution in [0.25, 0.3) is 0 Å². The molecule has 12 heavy (non-hydrogen) atoms. The lowest BCUT2D eigenvalue weighted by Crippen LogP contribution is -2.33. The second-order valence-corrected chi connectivity index (χ2v) is 2.91. The molecule has 0 bridgehead atoms. The molecule has 1 fully saturated rings. The molecule has 1 rings (SSSR count). The zero-order valence-corrected chi connectivity index (χ0v) is 7.36. The first kappa shape index (κ1) is 9.92. The Bertz CT molecular complexity index is 112. The molecule has 1 aliphatic heterocycles. The highest BCUT2D eigenvalue weighted by Gasteiger charge is 2.18. The molecule has 1 N–H and O–H groups in total. The number of methoxy groups -OCH3 is 1. The van der Waals surface area contributed by atoms with Crippen molar-refractivity contribution in [3.63, 3.8) is 0 Å². The van der Waals surface area contributed by atoms with Crippen LogP contribution in [0.3, 0.4) is 0 Å². The molecule has 0 aromatic rings. The predicted octanol–water partition coefficient (Wildman–Crippen LogP) is -0.201. The maximum Gasteiger partial charge on any atom is 0.0835 e. The summed E-state index contributed by atoms with van der Waals surface area (Å²) in [5, 5.41) is 9.34. The van der Waals surface area contributed by atoms with E-state index < -0.39 is 6.10 Å². The van der Waals surface area contributed by atoms with Crippen molar-refractivity contribution in [2.75, 3.05) is 33.5 Å². The maximum absolute atomic E-state index is 9.34. The van der Waals surface area contributed by atoms with Crippen LogP contribution in [0.1, 0.15) is 6.42 Å². The first-order valence-electron chi connectivity index (χ1n) is 4.19. The van der Waals surface area contributed by atoms with Gasteiger partial charge in [0.1, 0.15) is 0 Å². The molecule has 2 unspecified atom stereocenters. The highest BCUT2D eigenvalue weighted by molar-refractivity contribution is 4.66. The van der Waals surface area contributed by atoms with Gasteiger partial charge in [-0.25, -0.2) is 0 Å². The molecule has 4 heteroatoms. The molecule has 0 aromatic carbocycles. The van der Waals surface area contributed by atoms with Gasteiger partial charge in [0.05, 0.1) is 38.6 Å². The molecular formula is C8H16O4. The molecular weight excluding hydrogens is 160 g/mol. The molecule has 0 radical (unpaired) electrons. The van der Waals surface area contributed by atoms with E-state index in [1.165, 1.54) is 0 Å². The zero-order valence-electron chi connectivity index (χ0n) is 7.36. The van der Waals surface area contributed by atoms with Gasteiger partial charge in [-0.3, -0.25) is 0 Å². The second-order valence-electron chi connectivity index (χ2n) is 2.91. The van der Waals surface area contributed by atoms with Crippen LogP contribution in [-0.2, 0) is 14.2 Å². The van der Waals surface area contributed by atoms with Crippen LogP contribution in [0, 0.1) is 0 Å². The number of hydrogen-bond acceptors (Lipinski definition) is 4. The first-order valence-corrected chi connectivity index (χ1v) is 4.19. The van der Waals surface area contributed by atoms with Crippen molar-refractivity contribution in [1.29, 1.82) is 0 Å². The minimum absolute atomic E-state index is 0.0314. The lowest BCUT2D eigenvalue weighted by atomic mass is 10.1. The van der Waals surface area contributed by atoms with Gasteiger partial charge in [-0.2, -0.15) is 0 Å². The van der Waals surface area contributed by atoms with Gasteiger partial charge in [0, 0.05) is 13.5 Å². The number of ether oxygens (including phenoxy) is 3. The van der Waals surface area contributed by atoms with E-state index in [4.69, 9.17) is 14.2 Å². The van der Waals surface area contributed by atoms with Gasteiger partial charge in [-0.15, -0.1) is 0 Å². The average molecular weight is 176 g/mol. The summed E-state index contributed by atoms with van der Waals surface area (Å²) in [4.78, 5) is 0. The molecule has 0 spiro atoms. The second kappa shape index (κ2) is 5.48. The Kier molecular flexibility index (Phi) is 4.53. The molecule has 0 aromatic heterocycles. The fourth-order valence-electron chi connectivity index (χ4n) is 1.24. The van der Waals surface area contributed by atoms with E-state index in [1.807, 2.05) is 0 Å². The Morgan fingerprint density at radius 1 is 1.58 bits per heavy atom. The molecule has 4 nitrogen and oxygen atoms in total. The minimum Gasteiger partial charge on any atom is -0.391 e. The summed E-state index contributed by atoms with van der Waals surface area (Å²) in [6.07, 6.45) is 0.180. The van der Waals surface area contributed by atoms with Gasteiger partial charge in [0.25, 0.3) is 0 Å². The van der Waals surface area contributed by atoms with E-state index in [0.29, 0.717) is 32.8 Å². The number of aliphatic hydroxyl groups excluding tert-OH is 1. The van der Waals surface area contributed by atoms with Gasteiger partial charge in [0.15, 0.2) is 0 Å². The first-order chi connectivity index (χ1) is 5.83. The van der Waals surface area contributed by atoms with E-state index >= 15 is 0 Å². The summed E-state index contributed by atoms with van der Waals surface area (Å²) in [5.41, 5.74) is 0. The summed E-state index contributed by atoms with van der Waals surface area (Å²) in [6.45, 7) is 2.24. The molecule has 2 atom stereocenters. The third-order valence-corrected chi connectivity index (χ3v) is 1.78. The highest BCUT2D eigenvalue weighted by atomic mass is 16.6. The largest absolute Gasteiger partial charge is 0.391 e. The summed E-state index contributed by atoms with van der Waals surface area (Å²) >= 11 is 0. The molecule has 1 aliphatic rings. The van der Waals surface area contributed by atoms with E-state index in [-0.39, 0.29) is 6.10 Å². The Hall–Kier alpha value is -0.160. The predicted molar refractivity (Wildman–Crippen MR) is 43.1 cm³/mol. The van der Waals surface area contributed by atoms with Gasteiger partial charge in [-0.1, -0.05) is 0 Å². The molecule has 0 amide bonds. The Balaban J connectivity index is 2.11. The van der Waals surface area contributed by atoms with Crippen LogP contribution in [0.4, 0.5) is 0 Å². The van der Waals surface area contributed by atoms with Gasteiger partial charge < -0.3 is 19.3 Å². The van der Waals surface area contributed by atoms with Crippen LogP contribution in [0.15, 0.2) is 0 Å². The quantitative estimate of drug-likeness (QED) is 0.644. The van der Waals surface area contributed by atoms with E-state index in [1.54, 1.807) is 7.11 Å². The molecule has 72 valence electrons. The fourth-order valence-corrected chi connectivity index (χ4v) is 1.24. The lowest BCUT2D eigenvalue weighted by Gasteiger charge is -2.24. The molecule has 1 saturated heterocycles. The fraction of sp³-hybridized carbons (Fsp3) is 1.00. The van der Waals surface area contributed by atoms with Crippen molar-refractivity contribution < 1.29 is 19.3 Å². The Labute approximate surface area is 72.4 Å². The van der Waals surface area contributed by atoms with Gasteiger partial charge >= 0.3 is 0 Å². The van der Waals surface area contributed by atoms with Crippen LogP contribution in [0.5, 0.6) is 0 Å². The highest BCUT2D eigenvalue weighted by Crippen LogP contribution is 2.07. The van der Waals surface area contributed by atoms with E-state index in [9.17, 15) is 5.11 Å². The molecule has 0 aliphatic carbocycles. The SMILES string of the molecule is COCC(O)CC1COCCO1. The van der Waals surface area contributed by atoms with E-state index in [0.717, 1.165) is 0 Å². The Morgan fingerprint density at radius 3 is 3.00 bits per heavy atom. The lowest BCUT2D eigenvalue weighted by molar-refractivity contribution is -0.106. The van der Waals surface area contributed by atoms with Gasteiger partial charge in [0.2, 0.25) is 0 Å². The van der Waals surface area contributed by atoms with Crippen molar-refractivity contribution in [2.45, 2.75) is 18.6 Å². The zero-order chi connectivity index (χ0) is 8.81. The third kappa shape index (κ3) is 3.49. The Morgan fingerprint density at radius 2 is 2.42 bits per heavy atom. The number of hydrogen-bond donors (Lipinski definition) is 1. The summed E-state index contributed by atoms with van der Waals surface area (Å²) in [6, 6.07) is 0. The summed E-state index contributed by atoms with van der Waals surface area (Å²) in [7, 11) is 1.57. The van der Waals surface area contributed by atoms with Crippen LogP contribution in [-0.4, -0.2) is 50.9 Å². The molecule has 0 saturated carbocycles.